The van der Waals surface area contributed by atoms with E-state index in [1.807, 2.05) is 37.4 Å². The first-order chi connectivity index (χ1) is 15.9. The van der Waals surface area contributed by atoms with Crippen LogP contribution in [0.25, 0.3) is 16.9 Å². The summed E-state index contributed by atoms with van der Waals surface area (Å²) in [6.07, 6.45) is 0.0774. The molecule has 0 amide bonds. The highest BCUT2D eigenvalue weighted by Crippen LogP contribution is 2.35. The molecule has 2 aliphatic rings. The zero-order valence-electron chi connectivity index (χ0n) is 19.3. The zero-order valence-corrected chi connectivity index (χ0v) is 19.3. The number of hydrogen-bond acceptors (Lipinski definition) is 8. The number of nitrogen functional groups attached to an aromatic ring is 1. The fourth-order valence-electron chi connectivity index (χ4n) is 4.79. The van der Waals surface area contributed by atoms with E-state index in [0.717, 1.165) is 23.5 Å². The fourth-order valence-corrected chi connectivity index (χ4v) is 4.79. The van der Waals surface area contributed by atoms with E-state index in [4.69, 9.17) is 25.3 Å². The molecule has 0 aliphatic carbocycles. The van der Waals surface area contributed by atoms with E-state index in [1.165, 1.54) is 9.08 Å². The standard InChI is InChI=1S/C23H31N7O3/c1-15-11-28(12-16(2)33-15)20-19(17-7-5-4-6-8-17)25-22(24)30-21(20)26-29(23(30)31)13-18-14-32-10-9-27(18)3/h4-8,15-16,18H,9-14H2,1-3H3,(H2,24,25). The van der Waals surface area contributed by atoms with Gasteiger partial charge in [-0.1, -0.05) is 30.3 Å². The molecular formula is C23H31N7O3. The van der Waals surface area contributed by atoms with Crippen molar-refractivity contribution in [1.82, 2.24) is 24.1 Å². The van der Waals surface area contributed by atoms with Crippen LogP contribution >= 0.6 is 0 Å². The lowest BCUT2D eigenvalue weighted by Crippen LogP contribution is -2.46. The summed E-state index contributed by atoms with van der Waals surface area (Å²) in [6.45, 7) is 7.95. The summed E-state index contributed by atoms with van der Waals surface area (Å²) < 4.78 is 14.5. The number of benzene rings is 1. The normalized spacial score (nSPS) is 24.5. The van der Waals surface area contributed by atoms with Crippen LogP contribution in [-0.2, 0) is 16.0 Å². The van der Waals surface area contributed by atoms with Crippen LogP contribution < -0.4 is 16.3 Å². The third kappa shape index (κ3) is 4.09. The van der Waals surface area contributed by atoms with Crippen LogP contribution in [0.3, 0.4) is 0 Å². The monoisotopic (exact) mass is 453 g/mol. The maximum atomic E-state index is 13.4. The van der Waals surface area contributed by atoms with Crippen LogP contribution in [0.15, 0.2) is 35.1 Å². The number of morpholine rings is 2. The van der Waals surface area contributed by atoms with Gasteiger partial charge < -0.3 is 20.1 Å². The van der Waals surface area contributed by atoms with E-state index >= 15 is 0 Å². The number of rotatable bonds is 4. The third-order valence-corrected chi connectivity index (χ3v) is 6.42. The molecule has 5 rings (SSSR count). The summed E-state index contributed by atoms with van der Waals surface area (Å²) in [6, 6.07) is 9.96. The molecule has 2 aliphatic heterocycles. The Bertz CT molecular complexity index is 1180. The molecule has 2 fully saturated rings. The quantitative estimate of drug-likeness (QED) is 0.626. The lowest BCUT2D eigenvalue weighted by Gasteiger charge is -2.37. The number of nitrogens with zero attached hydrogens (tertiary/aromatic N) is 6. The van der Waals surface area contributed by atoms with Crippen LogP contribution in [0.1, 0.15) is 13.8 Å². The minimum absolute atomic E-state index is 0.0387. The largest absolute Gasteiger partial charge is 0.378 e. The Kier molecular flexibility index (Phi) is 5.81. The molecule has 176 valence electrons. The van der Waals surface area contributed by atoms with Gasteiger partial charge in [0.2, 0.25) is 5.95 Å². The third-order valence-electron chi connectivity index (χ3n) is 6.42. The molecule has 0 spiro atoms. The molecule has 4 heterocycles. The fraction of sp³-hybridized carbons (Fsp3) is 0.522. The van der Waals surface area contributed by atoms with Crippen LogP contribution in [0.4, 0.5) is 11.6 Å². The van der Waals surface area contributed by atoms with Gasteiger partial charge in [0, 0.05) is 25.2 Å². The van der Waals surface area contributed by atoms with Crippen LogP contribution in [-0.4, -0.2) is 82.2 Å². The summed E-state index contributed by atoms with van der Waals surface area (Å²) in [7, 11) is 2.04. The van der Waals surface area contributed by atoms with Gasteiger partial charge in [-0.3, -0.25) is 4.90 Å². The van der Waals surface area contributed by atoms with Crippen molar-refractivity contribution in [2.45, 2.75) is 38.6 Å². The van der Waals surface area contributed by atoms with Gasteiger partial charge in [-0.15, -0.1) is 5.10 Å². The summed E-state index contributed by atoms with van der Waals surface area (Å²) in [5.74, 6) is 0.131. The average Bonchev–Trinajstić information content (AvgIpc) is 3.11. The van der Waals surface area contributed by atoms with E-state index < -0.39 is 0 Å². The number of hydrogen-bond donors (Lipinski definition) is 1. The highest BCUT2D eigenvalue weighted by molar-refractivity contribution is 5.86. The Morgan fingerprint density at radius 1 is 1.15 bits per heavy atom. The van der Waals surface area contributed by atoms with Crippen molar-refractivity contribution >= 4 is 17.3 Å². The van der Waals surface area contributed by atoms with Gasteiger partial charge in [-0.25, -0.2) is 18.9 Å². The first kappa shape index (κ1) is 21.9. The molecule has 33 heavy (non-hydrogen) atoms. The Balaban J connectivity index is 1.68. The molecule has 0 saturated carbocycles. The van der Waals surface area contributed by atoms with Gasteiger partial charge in [-0.2, -0.15) is 0 Å². The molecule has 0 radical (unpaired) electrons. The summed E-state index contributed by atoms with van der Waals surface area (Å²) in [5.41, 5.74) is 9.03. The Labute approximate surface area is 192 Å². The van der Waals surface area contributed by atoms with E-state index in [-0.39, 0.29) is 29.9 Å². The molecule has 3 atom stereocenters. The van der Waals surface area contributed by atoms with Gasteiger partial charge in [0.15, 0.2) is 5.65 Å². The molecule has 0 bridgehead atoms. The minimum atomic E-state index is -0.288. The van der Waals surface area contributed by atoms with Gasteiger partial charge in [0.05, 0.1) is 38.0 Å². The second-order valence-electron chi connectivity index (χ2n) is 9.03. The predicted molar refractivity (Wildman–Crippen MR) is 127 cm³/mol. The molecule has 3 aromatic rings. The van der Waals surface area contributed by atoms with Gasteiger partial charge in [-0.05, 0) is 20.9 Å². The first-order valence-corrected chi connectivity index (χ1v) is 11.4. The molecule has 2 saturated heterocycles. The summed E-state index contributed by atoms with van der Waals surface area (Å²) >= 11 is 0. The van der Waals surface area contributed by atoms with Crippen molar-refractivity contribution in [2.75, 3.05) is 50.5 Å². The van der Waals surface area contributed by atoms with E-state index in [9.17, 15) is 4.79 Å². The van der Waals surface area contributed by atoms with Crippen LogP contribution in [0.5, 0.6) is 0 Å². The van der Waals surface area contributed by atoms with E-state index in [0.29, 0.717) is 38.5 Å². The Morgan fingerprint density at radius 3 is 2.58 bits per heavy atom. The molecule has 3 unspecified atom stereocenters. The molecule has 10 heteroatoms. The number of aromatic nitrogens is 4. The molecule has 1 aromatic carbocycles. The van der Waals surface area contributed by atoms with Crippen molar-refractivity contribution in [2.24, 2.45) is 0 Å². The van der Waals surface area contributed by atoms with Gasteiger partial charge in [0.1, 0.15) is 11.4 Å². The molecule has 2 N–H and O–H groups in total. The van der Waals surface area contributed by atoms with Crippen molar-refractivity contribution in [3.05, 3.63) is 40.8 Å². The van der Waals surface area contributed by atoms with Crippen molar-refractivity contribution < 1.29 is 9.47 Å². The number of ether oxygens (including phenoxy) is 2. The topological polar surface area (TPSA) is 103 Å². The number of likely N-dealkylation sites (N-methyl/N-ethyl adjacent to an activating group) is 1. The van der Waals surface area contributed by atoms with Crippen molar-refractivity contribution in [3.8, 4) is 11.3 Å². The van der Waals surface area contributed by atoms with Crippen molar-refractivity contribution in [1.29, 1.82) is 0 Å². The highest BCUT2D eigenvalue weighted by atomic mass is 16.5. The molecular weight excluding hydrogens is 422 g/mol. The van der Waals surface area contributed by atoms with E-state index in [1.54, 1.807) is 0 Å². The van der Waals surface area contributed by atoms with Crippen LogP contribution in [0, 0.1) is 0 Å². The number of nitrogens with two attached hydrogens (primary N) is 1. The maximum absolute atomic E-state index is 13.4. The second kappa shape index (κ2) is 8.77. The first-order valence-electron chi connectivity index (χ1n) is 11.4. The lowest BCUT2D eigenvalue weighted by atomic mass is 10.1. The Hall–Kier alpha value is -2.95. The molecule has 2 aromatic heterocycles. The van der Waals surface area contributed by atoms with Crippen molar-refractivity contribution in [3.63, 3.8) is 0 Å². The van der Waals surface area contributed by atoms with E-state index in [2.05, 4.69) is 23.6 Å². The zero-order chi connectivity index (χ0) is 23.1. The average molecular weight is 454 g/mol. The Morgan fingerprint density at radius 2 is 1.88 bits per heavy atom. The molecule has 10 nitrogen and oxygen atoms in total. The van der Waals surface area contributed by atoms with Gasteiger partial charge in [0.25, 0.3) is 0 Å². The minimum Gasteiger partial charge on any atom is -0.378 e. The maximum Gasteiger partial charge on any atom is 0.353 e. The van der Waals surface area contributed by atoms with Gasteiger partial charge >= 0.3 is 5.69 Å². The number of fused-ring (bicyclic) bond motifs is 1. The predicted octanol–water partition coefficient (Wildman–Crippen LogP) is 1.08. The number of anilines is 2. The second-order valence-corrected chi connectivity index (χ2v) is 9.03. The summed E-state index contributed by atoms with van der Waals surface area (Å²) in [4.78, 5) is 22.5. The highest BCUT2D eigenvalue weighted by Gasteiger charge is 2.30. The lowest BCUT2D eigenvalue weighted by molar-refractivity contribution is -0.00516. The summed E-state index contributed by atoms with van der Waals surface area (Å²) in [5, 5.41) is 4.80. The van der Waals surface area contributed by atoms with Crippen LogP contribution in [0.2, 0.25) is 0 Å². The SMILES string of the molecule is CC1CN(c2c(-c3ccccc3)nc(N)n3c(=O)n(CC4COCCN4C)nc23)CC(C)O1. The smallest absolute Gasteiger partial charge is 0.353 e.